The van der Waals surface area contributed by atoms with Crippen LogP contribution in [-0.2, 0) is 12.2 Å². The molecule has 0 saturated heterocycles. The van der Waals surface area contributed by atoms with Gasteiger partial charge in [-0.15, -0.1) is 0 Å². The largest absolute Gasteiger partial charge is 0.338 e. The molecule has 0 saturated carbocycles. The third kappa shape index (κ3) is 3.28. The second-order valence-electron chi connectivity index (χ2n) is 4.31. The third-order valence-corrected chi connectivity index (χ3v) is 4.03. The first-order chi connectivity index (χ1) is 10.3. The lowest BCUT2D eigenvalue weighted by atomic mass is 10.3. The van der Waals surface area contributed by atoms with Gasteiger partial charge in [-0.1, -0.05) is 41.5 Å². The van der Waals surface area contributed by atoms with E-state index in [1.165, 1.54) is 0 Å². The van der Waals surface area contributed by atoms with Crippen molar-refractivity contribution in [1.29, 1.82) is 0 Å². The Morgan fingerprint density at radius 1 is 1.38 bits per heavy atom. The van der Waals surface area contributed by atoms with Crippen molar-refractivity contribution in [3.05, 3.63) is 53.4 Å². The lowest BCUT2D eigenvalue weighted by Crippen LogP contribution is -1.95. The summed E-state index contributed by atoms with van der Waals surface area (Å²) in [5.41, 5.74) is 0.974. The number of hydrogen-bond acceptors (Lipinski definition) is 5. The Labute approximate surface area is 131 Å². The minimum atomic E-state index is 0.588. The highest BCUT2D eigenvalue weighted by Crippen LogP contribution is 2.24. The van der Waals surface area contributed by atoms with Gasteiger partial charge in [-0.05, 0) is 18.2 Å². The van der Waals surface area contributed by atoms with E-state index < -0.39 is 0 Å². The molecule has 3 aromatic rings. The van der Waals surface area contributed by atoms with Crippen molar-refractivity contribution in [2.24, 2.45) is 0 Å². The van der Waals surface area contributed by atoms with Crippen molar-refractivity contribution in [2.75, 3.05) is 0 Å². The average Bonchev–Trinajstić information content (AvgIpc) is 3.14. The van der Waals surface area contributed by atoms with Crippen LogP contribution in [0.1, 0.15) is 18.6 Å². The van der Waals surface area contributed by atoms with Crippen molar-refractivity contribution in [3.63, 3.8) is 0 Å². The van der Waals surface area contributed by atoms with Gasteiger partial charge in [0.2, 0.25) is 5.89 Å². The molecule has 0 spiro atoms. The quantitative estimate of drug-likeness (QED) is 0.670. The van der Waals surface area contributed by atoms with Gasteiger partial charge in [0.25, 0.3) is 0 Å². The predicted octanol–water partition coefficient (Wildman–Crippen LogP) is 3.76. The van der Waals surface area contributed by atoms with Crippen LogP contribution < -0.4 is 0 Å². The van der Waals surface area contributed by atoms with E-state index in [0.29, 0.717) is 16.7 Å². The van der Waals surface area contributed by atoms with E-state index in [-0.39, 0.29) is 0 Å². The number of benzene rings is 1. The molecule has 0 radical (unpaired) electrons. The van der Waals surface area contributed by atoms with Crippen molar-refractivity contribution in [2.45, 2.75) is 24.3 Å². The lowest BCUT2D eigenvalue weighted by Gasteiger charge is -2.06. The van der Waals surface area contributed by atoms with Gasteiger partial charge in [0.15, 0.2) is 11.0 Å². The van der Waals surface area contributed by atoms with E-state index in [0.717, 1.165) is 23.1 Å². The smallest absolute Gasteiger partial charge is 0.237 e. The Kier molecular flexibility index (Phi) is 4.26. The maximum atomic E-state index is 6.03. The van der Waals surface area contributed by atoms with Crippen LogP contribution in [0.25, 0.3) is 5.69 Å². The first-order valence-electron chi connectivity index (χ1n) is 6.50. The third-order valence-electron chi connectivity index (χ3n) is 2.84. The molecular weight excluding hydrogens is 308 g/mol. The standard InChI is InChI=1S/C14H13ClN4OS/c1-2-12-17-13(20-18-12)9-21-14-16-6-7-19(14)11-5-3-4-10(15)8-11/h3-8H,2,9H2,1H3. The number of nitrogens with zero attached hydrogens (tertiary/aromatic N) is 4. The van der Waals surface area contributed by atoms with Crippen LogP contribution in [0.3, 0.4) is 0 Å². The van der Waals surface area contributed by atoms with Crippen molar-refractivity contribution < 1.29 is 4.52 Å². The van der Waals surface area contributed by atoms with Crippen LogP contribution in [-0.4, -0.2) is 19.7 Å². The van der Waals surface area contributed by atoms with Gasteiger partial charge < -0.3 is 4.52 Å². The highest BCUT2D eigenvalue weighted by Gasteiger charge is 2.10. The fourth-order valence-electron chi connectivity index (χ4n) is 1.84. The zero-order valence-electron chi connectivity index (χ0n) is 11.4. The topological polar surface area (TPSA) is 56.7 Å². The maximum Gasteiger partial charge on any atom is 0.237 e. The van der Waals surface area contributed by atoms with Crippen molar-refractivity contribution in [3.8, 4) is 5.69 Å². The van der Waals surface area contributed by atoms with Crippen LogP contribution >= 0.6 is 23.4 Å². The fourth-order valence-corrected chi connectivity index (χ4v) is 2.83. The molecule has 3 rings (SSSR count). The maximum absolute atomic E-state index is 6.03. The highest BCUT2D eigenvalue weighted by molar-refractivity contribution is 7.98. The van der Waals surface area contributed by atoms with E-state index in [4.69, 9.17) is 16.1 Å². The summed E-state index contributed by atoms with van der Waals surface area (Å²) in [6, 6.07) is 7.64. The Morgan fingerprint density at radius 2 is 2.29 bits per heavy atom. The summed E-state index contributed by atoms with van der Waals surface area (Å²) in [5.74, 6) is 1.92. The zero-order valence-corrected chi connectivity index (χ0v) is 12.9. The van der Waals surface area contributed by atoms with Gasteiger partial charge in [-0.25, -0.2) is 4.98 Å². The molecule has 1 aromatic carbocycles. The summed E-state index contributed by atoms with van der Waals surface area (Å²) in [6.45, 7) is 1.99. The molecule has 21 heavy (non-hydrogen) atoms. The normalized spacial score (nSPS) is 11.0. The van der Waals surface area contributed by atoms with Gasteiger partial charge in [-0.2, -0.15) is 4.98 Å². The van der Waals surface area contributed by atoms with E-state index in [1.807, 2.05) is 42.0 Å². The second kappa shape index (κ2) is 6.32. The van der Waals surface area contributed by atoms with Crippen LogP contribution in [0.4, 0.5) is 0 Å². The van der Waals surface area contributed by atoms with E-state index >= 15 is 0 Å². The second-order valence-corrected chi connectivity index (χ2v) is 5.69. The van der Waals surface area contributed by atoms with E-state index in [9.17, 15) is 0 Å². The molecule has 0 bridgehead atoms. The molecule has 2 aromatic heterocycles. The van der Waals surface area contributed by atoms with Gasteiger partial charge in [-0.3, -0.25) is 4.57 Å². The summed E-state index contributed by atoms with van der Waals surface area (Å²) < 4.78 is 7.16. The number of halogens is 1. The molecule has 5 nitrogen and oxygen atoms in total. The van der Waals surface area contributed by atoms with Crippen LogP contribution in [0.2, 0.25) is 5.02 Å². The van der Waals surface area contributed by atoms with Crippen LogP contribution in [0, 0.1) is 0 Å². The van der Waals surface area contributed by atoms with Crippen LogP contribution in [0.15, 0.2) is 46.3 Å². The van der Waals surface area contributed by atoms with Gasteiger partial charge in [0, 0.05) is 29.5 Å². The molecule has 0 amide bonds. The van der Waals surface area contributed by atoms with E-state index in [1.54, 1.807) is 18.0 Å². The predicted molar refractivity (Wildman–Crippen MR) is 81.8 cm³/mol. The summed E-state index contributed by atoms with van der Waals surface area (Å²) in [5, 5.41) is 5.43. The summed E-state index contributed by atoms with van der Waals surface area (Å²) in [7, 11) is 0. The Hall–Kier alpha value is -1.79. The SMILES string of the molecule is CCc1noc(CSc2nccn2-c2cccc(Cl)c2)n1. The number of hydrogen-bond donors (Lipinski definition) is 0. The van der Waals surface area contributed by atoms with Gasteiger partial charge in [0.05, 0.1) is 5.75 Å². The van der Waals surface area contributed by atoms with Crippen molar-refractivity contribution in [1.82, 2.24) is 19.7 Å². The lowest BCUT2D eigenvalue weighted by molar-refractivity contribution is 0.385. The number of aryl methyl sites for hydroxylation is 1. The first-order valence-corrected chi connectivity index (χ1v) is 7.86. The zero-order chi connectivity index (χ0) is 14.7. The minimum absolute atomic E-state index is 0.588. The monoisotopic (exact) mass is 320 g/mol. The molecule has 0 aliphatic rings. The van der Waals surface area contributed by atoms with Crippen LogP contribution in [0.5, 0.6) is 0 Å². The minimum Gasteiger partial charge on any atom is -0.338 e. The highest BCUT2D eigenvalue weighted by atomic mass is 35.5. The van der Waals surface area contributed by atoms with E-state index in [2.05, 4.69) is 15.1 Å². The number of rotatable bonds is 5. The Bertz CT molecular complexity index is 740. The molecule has 7 heteroatoms. The average molecular weight is 321 g/mol. The summed E-state index contributed by atoms with van der Waals surface area (Å²) in [6.07, 6.45) is 4.43. The number of aromatic nitrogens is 4. The first kappa shape index (κ1) is 14.2. The number of imidazole rings is 1. The molecule has 2 heterocycles. The summed E-state index contributed by atoms with van der Waals surface area (Å²) in [4.78, 5) is 8.65. The molecule has 108 valence electrons. The van der Waals surface area contributed by atoms with Crippen molar-refractivity contribution >= 4 is 23.4 Å². The fraction of sp³-hybridized carbons (Fsp3) is 0.214. The summed E-state index contributed by atoms with van der Waals surface area (Å²) >= 11 is 7.58. The Balaban J connectivity index is 1.76. The molecule has 0 unspecified atom stereocenters. The Morgan fingerprint density at radius 3 is 3.05 bits per heavy atom. The molecule has 0 aliphatic heterocycles. The molecule has 0 aliphatic carbocycles. The molecular formula is C14H13ClN4OS. The molecule has 0 N–H and O–H groups in total. The number of thioether (sulfide) groups is 1. The molecule has 0 atom stereocenters. The molecule has 0 fully saturated rings. The van der Waals surface area contributed by atoms with Gasteiger partial charge >= 0.3 is 0 Å². The van der Waals surface area contributed by atoms with Gasteiger partial charge in [0.1, 0.15) is 0 Å².